The third-order valence-corrected chi connectivity index (χ3v) is 3.82. The van der Waals surface area contributed by atoms with Crippen LogP contribution in [0.4, 0.5) is 0 Å². The summed E-state index contributed by atoms with van der Waals surface area (Å²) in [6.07, 6.45) is 1.54. The van der Waals surface area contributed by atoms with Crippen LogP contribution in [-0.4, -0.2) is 23.5 Å². The van der Waals surface area contributed by atoms with Crippen LogP contribution in [-0.2, 0) is 9.53 Å². The van der Waals surface area contributed by atoms with Crippen molar-refractivity contribution in [1.29, 1.82) is 0 Å². The summed E-state index contributed by atoms with van der Waals surface area (Å²) in [5.41, 5.74) is 1.72. The van der Waals surface area contributed by atoms with Crippen molar-refractivity contribution in [3.63, 3.8) is 0 Å². The van der Waals surface area contributed by atoms with Crippen LogP contribution < -0.4 is 5.32 Å². The van der Waals surface area contributed by atoms with E-state index >= 15 is 0 Å². The van der Waals surface area contributed by atoms with Crippen LogP contribution in [0.5, 0.6) is 0 Å². The molecule has 6 nitrogen and oxygen atoms in total. The lowest BCUT2D eigenvalue weighted by atomic mass is 10.1. The van der Waals surface area contributed by atoms with Gasteiger partial charge in [0.05, 0.1) is 29.1 Å². The Morgan fingerprint density at radius 1 is 1.24 bits per heavy atom. The number of nitrogens with one attached hydrogen (secondary N) is 1. The summed E-state index contributed by atoms with van der Waals surface area (Å²) < 4.78 is 10.3. The summed E-state index contributed by atoms with van der Waals surface area (Å²) in [7, 11) is 0. The molecule has 0 bridgehead atoms. The van der Waals surface area contributed by atoms with E-state index in [0.29, 0.717) is 17.0 Å². The standard InChI is InChI=1S/C19H18N2O4/c1-12-15(10-14-6-3-4-7-16(14)20-12)19(23)25-11-18(22)21-13(2)17-8-5-9-24-17/h3-10,13H,11H2,1-2H3,(H,21,22). The Labute approximate surface area is 144 Å². The topological polar surface area (TPSA) is 81.4 Å². The first-order valence-corrected chi connectivity index (χ1v) is 7.91. The van der Waals surface area contributed by atoms with Crippen LogP contribution in [0, 0.1) is 6.92 Å². The van der Waals surface area contributed by atoms with Gasteiger partial charge in [-0.2, -0.15) is 0 Å². The molecule has 1 atom stereocenters. The molecule has 3 rings (SSSR count). The van der Waals surface area contributed by atoms with Crippen LogP contribution in [0.3, 0.4) is 0 Å². The number of hydrogen-bond donors (Lipinski definition) is 1. The van der Waals surface area contributed by atoms with E-state index in [4.69, 9.17) is 9.15 Å². The molecule has 1 aromatic carbocycles. The molecule has 0 fully saturated rings. The number of ether oxygens (including phenoxy) is 1. The van der Waals surface area contributed by atoms with Gasteiger partial charge in [0.15, 0.2) is 6.61 Å². The molecule has 128 valence electrons. The second kappa shape index (κ2) is 7.17. The van der Waals surface area contributed by atoms with E-state index in [-0.39, 0.29) is 12.6 Å². The number of fused-ring (bicyclic) bond motifs is 1. The van der Waals surface area contributed by atoms with E-state index in [1.165, 1.54) is 6.26 Å². The number of para-hydroxylation sites is 1. The van der Waals surface area contributed by atoms with Crippen molar-refractivity contribution in [3.05, 3.63) is 65.7 Å². The van der Waals surface area contributed by atoms with Crippen molar-refractivity contribution in [2.75, 3.05) is 6.61 Å². The van der Waals surface area contributed by atoms with Gasteiger partial charge in [0.2, 0.25) is 0 Å². The van der Waals surface area contributed by atoms with Gasteiger partial charge in [-0.1, -0.05) is 18.2 Å². The maximum absolute atomic E-state index is 12.3. The number of aryl methyl sites for hydroxylation is 1. The predicted molar refractivity (Wildman–Crippen MR) is 92.0 cm³/mol. The fraction of sp³-hybridized carbons (Fsp3) is 0.211. The Balaban J connectivity index is 1.62. The minimum atomic E-state index is -0.573. The van der Waals surface area contributed by atoms with Crippen molar-refractivity contribution in [1.82, 2.24) is 10.3 Å². The average Bonchev–Trinajstić information content (AvgIpc) is 3.14. The number of benzene rings is 1. The van der Waals surface area contributed by atoms with Crippen molar-refractivity contribution >= 4 is 22.8 Å². The highest BCUT2D eigenvalue weighted by molar-refractivity contribution is 5.96. The van der Waals surface area contributed by atoms with E-state index in [1.54, 1.807) is 32.0 Å². The van der Waals surface area contributed by atoms with Crippen LogP contribution in [0.1, 0.15) is 34.8 Å². The number of furan rings is 1. The molecule has 0 saturated heterocycles. The Hall–Kier alpha value is -3.15. The molecule has 2 heterocycles. The zero-order valence-electron chi connectivity index (χ0n) is 14.0. The normalized spacial score (nSPS) is 11.9. The molecule has 0 aliphatic heterocycles. The molecule has 1 N–H and O–H groups in total. The van der Waals surface area contributed by atoms with E-state index < -0.39 is 11.9 Å². The summed E-state index contributed by atoms with van der Waals surface area (Å²) >= 11 is 0. The molecule has 2 aromatic heterocycles. The Morgan fingerprint density at radius 2 is 2.04 bits per heavy atom. The molecule has 25 heavy (non-hydrogen) atoms. The highest BCUT2D eigenvalue weighted by atomic mass is 16.5. The monoisotopic (exact) mass is 338 g/mol. The van der Waals surface area contributed by atoms with Crippen molar-refractivity contribution in [2.24, 2.45) is 0 Å². The van der Waals surface area contributed by atoms with Gasteiger partial charge in [0.25, 0.3) is 5.91 Å². The van der Waals surface area contributed by atoms with Gasteiger partial charge < -0.3 is 14.5 Å². The van der Waals surface area contributed by atoms with E-state index in [2.05, 4.69) is 10.3 Å². The van der Waals surface area contributed by atoms with Crippen LogP contribution >= 0.6 is 0 Å². The van der Waals surface area contributed by atoms with Crippen molar-refractivity contribution in [2.45, 2.75) is 19.9 Å². The molecule has 0 spiro atoms. The summed E-state index contributed by atoms with van der Waals surface area (Å²) in [6.45, 7) is 3.16. The number of carbonyl (C=O) groups excluding carboxylic acids is 2. The number of esters is 1. The first-order valence-electron chi connectivity index (χ1n) is 7.91. The Bertz CT molecular complexity index is 903. The molecular weight excluding hydrogens is 320 g/mol. The molecule has 0 radical (unpaired) electrons. The molecule has 6 heteroatoms. The highest BCUT2D eigenvalue weighted by Crippen LogP contribution is 2.17. The van der Waals surface area contributed by atoms with Gasteiger partial charge in [0, 0.05) is 5.39 Å². The summed E-state index contributed by atoms with van der Waals surface area (Å²) in [5, 5.41) is 3.55. The number of nitrogens with zero attached hydrogens (tertiary/aromatic N) is 1. The molecule has 0 aliphatic carbocycles. The van der Waals surface area contributed by atoms with Gasteiger partial charge in [0.1, 0.15) is 5.76 Å². The zero-order valence-corrected chi connectivity index (χ0v) is 14.0. The van der Waals surface area contributed by atoms with Crippen molar-refractivity contribution < 1.29 is 18.7 Å². The van der Waals surface area contributed by atoms with E-state index in [0.717, 1.165) is 10.9 Å². The Kier molecular flexibility index (Phi) is 4.79. The van der Waals surface area contributed by atoms with Gasteiger partial charge >= 0.3 is 5.97 Å². The smallest absolute Gasteiger partial charge is 0.340 e. The quantitative estimate of drug-likeness (QED) is 0.723. The lowest BCUT2D eigenvalue weighted by Gasteiger charge is -2.12. The largest absolute Gasteiger partial charge is 0.467 e. The molecule has 1 amide bonds. The second-order valence-corrected chi connectivity index (χ2v) is 5.69. The van der Waals surface area contributed by atoms with Crippen LogP contribution in [0.25, 0.3) is 10.9 Å². The SMILES string of the molecule is Cc1nc2ccccc2cc1C(=O)OCC(=O)NC(C)c1ccco1. The number of aromatic nitrogens is 1. The first kappa shape index (κ1) is 16.7. The highest BCUT2D eigenvalue weighted by Gasteiger charge is 2.16. The lowest BCUT2D eigenvalue weighted by molar-refractivity contribution is -0.125. The maximum Gasteiger partial charge on any atom is 0.340 e. The van der Waals surface area contributed by atoms with Gasteiger partial charge in [-0.25, -0.2) is 4.79 Å². The average molecular weight is 338 g/mol. The summed E-state index contributed by atoms with van der Waals surface area (Å²) in [5.74, 6) is -0.338. The van der Waals surface area contributed by atoms with Gasteiger partial charge in [-0.05, 0) is 38.1 Å². The van der Waals surface area contributed by atoms with Gasteiger partial charge in [-0.3, -0.25) is 9.78 Å². The number of rotatable bonds is 5. The zero-order chi connectivity index (χ0) is 17.8. The maximum atomic E-state index is 12.3. The summed E-state index contributed by atoms with van der Waals surface area (Å²) in [6, 6.07) is 12.4. The predicted octanol–water partition coefficient (Wildman–Crippen LogP) is 3.17. The Morgan fingerprint density at radius 3 is 2.80 bits per heavy atom. The first-order chi connectivity index (χ1) is 12.0. The minimum Gasteiger partial charge on any atom is -0.467 e. The number of hydrogen-bond acceptors (Lipinski definition) is 5. The van der Waals surface area contributed by atoms with Gasteiger partial charge in [-0.15, -0.1) is 0 Å². The third-order valence-electron chi connectivity index (χ3n) is 3.82. The van der Waals surface area contributed by atoms with Crippen molar-refractivity contribution in [3.8, 4) is 0 Å². The fourth-order valence-electron chi connectivity index (χ4n) is 2.52. The van der Waals surface area contributed by atoms with Crippen LogP contribution in [0.2, 0.25) is 0 Å². The molecular formula is C19H18N2O4. The number of pyridine rings is 1. The minimum absolute atomic E-state index is 0.301. The lowest BCUT2D eigenvalue weighted by Crippen LogP contribution is -2.31. The summed E-state index contributed by atoms with van der Waals surface area (Å²) in [4.78, 5) is 28.6. The number of carbonyl (C=O) groups is 2. The van der Waals surface area contributed by atoms with Crippen LogP contribution in [0.15, 0.2) is 53.1 Å². The number of amides is 1. The molecule has 1 unspecified atom stereocenters. The third kappa shape index (κ3) is 3.85. The van der Waals surface area contributed by atoms with E-state index in [1.807, 2.05) is 24.3 Å². The molecule has 0 saturated carbocycles. The molecule has 3 aromatic rings. The molecule has 0 aliphatic rings. The second-order valence-electron chi connectivity index (χ2n) is 5.69. The van der Waals surface area contributed by atoms with E-state index in [9.17, 15) is 9.59 Å². The fourth-order valence-corrected chi connectivity index (χ4v) is 2.52.